The summed E-state index contributed by atoms with van der Waals surface area (Å²) in [6, 6.07) is 6.76. The van der Waals surface area contributed by atoms with Gasteiger partial charge in [-0.15, -0.1) is 0 Å². The number of amides is 1. The number of halogens is 2. The van der Waals surface area contributed by atoms with E-state index in [0.717, 1.165) is 17.7 Å². The Hall–Kier alpha value is -3.81. The second-order valence-corrected chi connectivity index (χ2v) is 6.75. The quantitative estimate of drug-likeness (QED) is 0.732. The number of imidazole rings is 1. The van der Waals surface area contributed by atoms with Gasteiger partial charge in [-0.2, -0.15) is 0 Å². The van der Waals surface area contributed by atoms with Crippen LogP contribution >= 0.6 is 0 Å². The van der Waals surface area contributed by atoms with Gasteiger partial charge in [0.1, 0.15) is 17.0 Å². The first-order chi connectivity index (χ1) is 14.0. The molecule has 0 bridgehead atoms. The lowest BCUT2D eigenvalue weighted by molar-refractivity contribution is -0.121. The molecule has 1 unspecified atom stereocenters. The average Bonchev–Trinajstić information content (AvgIpc) is 3.37. The van der Waals surface area contributed by atoms with Crippen LogP contribution in [0.4, 0.5) is 8.78 Å². The van der Waals surface area contributed by atoms with Crippen LogP contribution in [0.25, 0.3) is 16.6 Å². The van der Waals surface area contributed by atoms with Crippen LogP contribution in [0.3, 0.4) is 0 Å². The van der Waals surface area contributed by atoms with Gasteiger partial charge in [0.05, 0.1) is 17.8 Å². The molecule has 2 aromatic carbocycles. The minimum Gasteiger partial charge on any atom is -0.451 e. The summed E-state index contributed by atoms with van der Waals surface area (Å²) in [6.07, 6.45) is 6.64. The lowest BCUT2D eigenvalue weighted by atomic mass is 9.86. The molecule has 0 saturated heterocycles. The number of aromatic amines is 1. The molecule has 1 atom stereocenters. The number of carbonyl (C=O) groups excluding carboxylic acids is 1. The number of carbonyl (C=O) groups is 1. The Morgan fingerprint density at radius 2 is 2.07 bits per heavy atom. The number of hydrogen-bond donors (Lipinski definition) is 1. The number of nitrogens with one attached hydrogen (secondary N) is 1. The number of ether oxygens (including phenoxy) is 1. The summed E-state index contributed by atoms with van der Waals surface area (Å²) in [5, 5.41) is 0. The summed E-state index contributed by atoms with van der Waals surface area (Å²) in [6.45, 7) is 0. The smallest absolute Gasteiger partial charge is 0.272 e. The number of aromatic nitrogens is 2. The fourth-order valence-electron chi connectivity index (χ4n) is 3.57. The minimum absolute atomic E-state index is 0.125. The van der Waals surface area contributed by atoms with Gasteiger partial charge in [0.15, 0.2) is 17.3 Å². The van der Waals surface area contributed by atoms with Crippen LogP contribution in [0.1, 0.15) is 5.56 Å². The van der Waals surface area contributed by atoms with Crippen molar-refractivity contribution in [2.45, 2.75) is 0 Å². The minimum atomic E-state index is -0.823. The second kappa shape index (κ2) is 6.37. The van der Waals surface area contributed by atoms with Crippen molar-refractivity contribution in [3.63, 3.8) is 0 Å². The third kappa shape index (κ3) is 2.72. The molecule has 1 aromatic heterocycles. The van der Waals surface area contributed by atoms with Crippen LogP contribution in [0.15, 0.2) is 60.1 Å². The molecule has 2 aliphatic rings. The molecule has 5 rings (SSSR count). The standard InChI is InChI=1S/C21H14F2N4O2/c1-27-9-14(12-6-7-24-18(12)21(27)28)13-3-4-16-19(26-10-25-16)20(13)29-17-5-2-11(22)8-15(17)23/h2-10,12H,1H3,(H,25,26). The van der Waals surface area contributed by atoms with Crippen LogP contribution < -0.4 is 4.74 Å². The van der Waals surface area contributed by atoms with Crippen molar-refractivity contribution in [1.82, 2.24) is 14.9 Å². The van der Waals surface area contributed by atoms with E-state index in [1.54, 1.807) is 19.4 Å². The average molecular weight is 392 g/mol. The number of benzene rings is 2. The van der Waals surface area contributed by atoms with Gasteiger partial charge in [0.2, 0.25) is 0 Å². The molecular weight excluding hydrogens is 378 g/mol. The van der Waals surface area contributed by atoms with E-state index >= 15 is 0 Å². The summed E-state index contributed by atoms with van der Waals surface area (Å²) in [7, 11) is 1.65. The normalized spacial score (nSPS) is 18.1. The summed E-state index contributed by atoms with van der Waals surface area (Å²) in [5.41, 5.74) is 3.00. The van der Waals surface area contributed by atoms with Gasteiger partial charge in [-0.3, -0.25) is 9.79 Å². The monoisotopic (exact) mass is 392 g/mol. The van der Waals surface area contributed by atoms with Crippen LogP contribution in [-0.4, -0.2) is 33.5 Å². The van der Waals surface area contributed by atoms with Gasteiger partial charge in [-0.05, 0) is 29.8 Å². The fraction of sp³-hybridized carbons (Fsp3) is 0.0952. The summed E-state index contributed by atoms with van der Waals surface area (Å²) >= 11 is 0. The fourth-order valence-corrected chi connectivity index (χ4v) is 3.57. The highest BCUT2D eigenvalue weighted by Crippen LogP contribution is 2.42. The molecule has 1 N–H and O–H groups in total. The lowest BCUT2D eigenvalue weighted by Gasteiger charge is -2.27. The molecule has 2 aliphatic heterocycles. The largest absolute Gasteiger partial charge is 0.451 e. The van der Waals surface area contributed by atoms with E-state index in [0.29, 0.717) is 28.1 Å². The highest BCUT2D eigenvalue weighted by atomic mass is 19.1. The van der Waals surface area contributed by atoms with E-state index in [-0.39, 0.29) is 17.6 Å². The zero-order valence-corrected chi connectivity index (χ0v) is 15.2. The Morgan fingerprint density at radius 3 is 2.90 bits per heavy atom. The molecule has 144 valence electrons. The Balaban J connectivity index is 1.70. The number of H-pyrrole nitrogens is 1. The van der Waals surface area contributed by atoms with Crippen molar-refractivity contribution >= 4 is 28.2 Å². The van der Waals surface area contributed by atoms with E-state index < -0.39 is 11.6 Å². The SMILES string of the molecule is CN1C=C(c2ccc3[nH]cnc3c2Oc2ccc(F)cc2F)C2C=CN=C2C1=O. The first kappa shape index (κ1) is 17.3. The van der Waals surface area contributed by atoms with Gasteiger partial charge in [0.25, 0.3) is 5.91 Å². The maximum Gasteiger partial charge on any atom is 0.272 e. The first-order valence-corrected chi connectivity index (χ1v) is 8.85. The Bertz CT molecular complexity index is 1260. The molecule has 1 amide bonds. The lowest BCUT2D eigenvalue weighted by Crippen LogP contribution is -2.37. The Morgan fingerprint density at radius 1 is 1.21 bits per heavy atom. The zero-order chi connectivity index (χ0) is 20.1. The zero-order valence-electron chi connectivity index (χ0n) is 15.2. The van der Waals surface area contributed by atoms with E-state index in [4.69, 9.17) is 4.74 Å². The van der Waals surface area contributed by atoms with E-state index in [1.807, 2.05) is 18.2 Å². The Labute approximate surface area is 163 Å². The molecule has 3 heterocycles. The third-order valence-electron chi connectivity index (χ3n) is 4.96. The van der Waals surface area contributed by atoms with Crippen LogP contribution in [0.5, 0.6) is 11.5 Å². The van der Waals surface area contributed by atoms with Crippen molar-refractivity contribution < 1.29 is 18.3 Å². The van der Waals surface area contributed by atoms with Crippen LogP contribution in [0, 0.1) is 17.6 Å². The second-order valence-electron chi connectivity index (χ2n) is 6.75. The van der Waals surface area contributed by atoms with E-state index in [1.165, 1.54) is 17.3 Å². The maximum atomic E-state index is 14.3. The Kier molecular flexibility index (Phi) is 3.80. The number of nitrogens with zero attached hydrogens (tertiary/aromatic N) is 3. The van der Waals surface area contributed by atoms with E-state index in [9.17, 15) is 13.6 Å². The number of aliphatic imine (C=N–C) groups is 1. The number of hydrogen-bond acceptors (Lipinski definition) is 4. The summed E-state index contributed by atoms with van der Waals surface area (Å²) in [4.78, 5) is 25.3. The van der Waals surface area contributed by atoms with E-state index in [2.05, 4.69) is 15.0 Å². The molecule has 0 aliphatic carbocycles. The molecule has 8 heteroatoms. The molecule has 0 radical (unpaired) electrons. The molecule has 6 nitrogen and oxygen atoms in total. The van der Waals surface area contributed by atoms with Crippen molar-refractivity contribution in [1.29, 1.82) is 0 Å². The highest BCUT2D eigenvalue weighted by Gasteiger charge is 2.35. The number of fused-ring (bicyclic) bond motifs is 2. The van der Waals surface area contributed by atoms with Crippen molar-refractivity contribution in [2.75, 3.05) is 7.05 Å². The van der Waals surface area contributed by atoms with Gasteiger partial charge < -0.3 is 14.6 Å². The number of allylic oxidation sites excluding steroid dienone is 2. The molecular formula is C21H14F2N4O2. The topological polar surface area (TPSA) is 70.6 Å². The van der Waals surface area contributed by atoms with Crippen molar-refractivity contribution in [3.05, 3.63) is 72.3 Å². The predicted octanol–water partition coefficient (Wildman–Crippen LogP) is 4.03. The third-order valence-corrected chi connectivity index (χ3v) is 4.96. The summed E-state index contributed by atoms with van der Waals surface area (Å²) in [5.74, 6) is -1.86. The molecule has 0 saturated carbocycles. The van der Waals surface area contributed by atoms with Gasteiger partial charge in [-0.25, -0.2) is 13.8 Å². The van der Waals surface area contributed by atoms with Gasteiger partial charge in [-0.1, -0.05) is 6.08 Å². The number of rotatable bonds is 3. The van der Waals surface area contributed by atoms with Gasteiger partial charge in [0, 0.05) is 31.1 Å². The first-order valence-electron chi connectivity index (χ1n) is 8.85. The van der Waals surface area contributed by atoms with Crippen LogP contribution in [0.2, 0.25) is 0 Å². The molecule has 0 fully saturated rings. The summed E-state index contributed by atoms with van der Waals surface area (Å²) < 4.78 is 33.5. The van der Waals surface area contributed by atoms with Gasteiger partial charge >= 0.3 is 0 Å². The molecule has 29 heavy (non-hydrogen) atoms. The maximum absolute atomic E-state index is 14.3. The highest BCUT2D eigenvalue weighted by molar-refractivity contribution is 6.44. The van der Waals surface area contributed by atoms with Crippen molar-refractivity contribution in [3.8, 4) is 11.5 Å². The molecule has 0 spiro atoms. The van der Waals surface area contributed by atoms with Crippen molar-refractivity contribution in [2.24, 2.45) is 10.9 Å². The molecule has 3 aromatic rings. The predicted molar refractivity (Wildman–Crippen MR) is 103 cm³/mol. The van der Waals surface area contributed by atoms with Crippen LogP contribution in [-0.2, 0) is 4.79 Å².